The Balaban J connectivity index is 0.868. The third kappa shape index (κ3) is 12.3. The number of hydrogen-bond donors (Lipinski definition) is 2. The number of ether oxygens (including phenoxy) is 3. The molecule has 3 heterocycles. The van der Waals surface area contributed by atoms with Crippen molar-refractivity contribution in [2.45, 2.75) is 105 Å². The van der Waals surface area contributed by atoms with Gasteiger partial charge < -0.3 is 34.6 Å². The molecule has 0 unspecified atom stereocenters. The summed E-state index contributed by atoms with van der Waals surface area (Å²) < 4.78 is 32.4. The fourth-order valence-corrected chi connectivity index (χ4v) is 9.67. The van der Waals surface area contributed by atoms with Crippen molar-refractivity contribution >= 4 is 69.4 Å². The Kier molecular flexibility index (Phi) is 17.1. The van der Waals surface area contributed by atoms with Gasteiger partial charge in [-0.15, -0.1) is 11.3 Å². The Morgan fingerprint density at radius 1 is 0.985 bits per heavy atom. The lowest BCUT2D eigenvalue weighted by atomic mass is 9.85. The van der Waals surface area contributed by atoms with Crippen LogP contribution in [-0.4, -0.2) is 95.8 Å². The van der Waals surface area contributed by atoms with Gasteiger partial charge >= 0.3 is 0 Å². The minimum atomic E-state index is -1.09. The average Bonchev–Trinajstić information content (AvgIpc) is 3.96. The SMILES string of the molecule is [C-]#[N+]c1ccc(N2C(=O)C(C)(C)N(c3ccc(OCCCCOCCCOCC(=O)N[C@H](C(=O)N4C[C@H](C)C[C@H]4C(=O)NCc4ccc(-c5scnc5C)cc4)C(C)(C)C)c(F)c3)C2=S)cc1C. The maximum Gasteiger partial charge on any atom is 0.259 e. The predicted octanol–water partition coefficient (Wildman–Crippen LogP) is 8.70. The second-order valence-electron chi connectivity index (χ2n) is 19.0. The molecule has 6 rings (SSSR count). The summed E-state index contributed by atoms with van der Waals surface area (Å²) >= 11 is 7.33. The van der Waals surface area contributed by atoms with Crippen molar-refractivity contribution in [2.24, 2.45) is 11.3 Å². The topological polar surface area (TPSA) is 147 Å². The highest BCUT2D eigenvalue weighted by Crippen LogP contribution is 2.39. The van der Waals surface area contributed by atoms with E-state index in [1.165, 1.54) is 17.0 Å². The van der Waals surface area contributed by atoms with Gasteiger partial charge in [0.2, 0.25) is 17.7 Å². The number of nitrogens with zero attached hydrogens (tertiary/aromatic N) is 5. The van der Waals surface area contributed by atoms with Crippen LogP contribution in [0.1, 0.15) is 84.0 Å². The summed E-state index contributed by atoms with van der Waals surface area (Å²) in [5.74, 6) is -1.58. The number of hydrogen-bond acceptors (Lipinski definition) is 10. The van der Waals surface area contributed by atoms with Gasteiger partial charge in [-0.2, -0.15) is 0 Å². The van der Waals surface area contributed by atoms with Crippen LogP contribution in [0.4, 0.5) is 21.5 Å². The monoisotopic (exact) mass is 967 g/mol. The Morgan fingerprint density at radius 2 is 1.68 bits per heavy atom. The van der Waals surface area contributed by atoms with Gasteiger partial charge in [-0.05, 0) is 118 Å². The standard InChI is InChI=1S/C51H62FN7O7S2/c1-32-25-41(46(61)54-28-35-13-15-36(16-14-35)44-34(3)55-31-68-44)57(29-32)47(62)45(50(4,5)6)56-43(60)30-65-23-12-22-64-21-10-11-24-66-42-20-18-38(27-39(42)52)59-49(67)58(48(63)51(59,7)8)37-17-19-40(53-9)33(2)26-37/h13-20,26-27,31-32,41,45H,10-12,21-25,28-30H2,1-8H3,(H,54,61)(H,56,60)/t32-,41+,45-/m1/s1. The van der Waals surface area contributed by atoms with Crippen LogP contribution in [0.5, 0.6) is 5.75 Å². The van der Waals surface area contributed by atoms with Crippen LogP contribution < -0.4 is 25.2 Å². The second kappa shape index (κ2) is 22.5. The van der Waals surface area contributed by atoms with E-state index < -0.39 is 34.8 Å². The third-order valence-corrected chi connectivity index (χ3v) is 13.4. The normalized spacial score (nSPS) is 17.3. The molecule has 2 fully saturated rings. The van der Waals surface area contributed by atoms with E-state index in [0.29, 0.717) is 69.0 Å². The number of aryl methyl sites for hydroxylation is 2. The number of likely N-dealkylation sites (tertiary alicyclic amines) is 1. The smallest absolute Gasteiger partial charge is 0.259 e. The van der Waals surface area contributed by atoms with Crippen LogP contribution in [0.3, 0.4) is 0 Å². The molecule has 0 spiro atoms. The van der Waals surface area contributed by atoms with E-state index in [1.54, 1.807) is 66.2 Å². The summed E-state index contributed by atoms with van der Waals surface area (Å²) in [5, 5.41) is 6.11. The zero-order valence-corrected chi connectivity index (χ0v) is 41.8. The van der Waals surface area contributed by atoms with Crippen molar-refractivity contribution in [3.63, 3.8) is 0 Å². The number of anilines is 2. The zero-order valence-electron chi connectivity index (χ0n) is 40.1. The van der Waals surface area contributed by atoms with Crippen molar-refractivity contribution in [1.29, 1.82) is 0 Å². The number of thiazole rings is 1. The number of halogens is 1. The number of carbonyl (C=O) groups excluding carboxylic acids is 4. The van der Waals surface area contributed by atoms with Crippen LogP contribution in [0, 0.1) is 37.6 Å². The highest BCUT2D eigenvalue weighted by atomic mass is 32.1. The summed E-state index contributed by atoms with van der Waals surface area (Å²) in [7, 11) is 0. The number of carbonyl (C=O) groups is 4. The maximum absolute atomic E-state index is 15.3. The number of unbranched alkanes of at least 4 members (excludes halogenated alkanes) is 1. The van der Waals surface area contributed by atoms with Crippen LogP contribution in [-0.2, 0) is 35.2 Å². The minimum Gasteiger partial charge on any atom is -0.491 e. The van der Waals surface area contributed by atoms with E-state index in [9.17, 15) is 19.2 Å². The highest BCUT2D eigenvalue weighted by molar-refractivity contribution is 7.81. The first kappa shape index (κ1) is 51.6. The van der Waals surface area contributed by atoms with E-state index in [1.807, 2.05) is 64.4 Å². The van der Waals surface area contributed by atoms with Gasteiger partial charge in [0.15, 0.2) is 22.4 Å². The van der Waals surface area contributed by atoms with Crippen molar-refractivity contribution < 1.29 is 37.8 Å². The number of amides is 4. The van der Waals surface area contributed by atoms with Gasteiger partial charge in [-0.1, -0.05) is 58.0 Å². The molecule has 2 aliphatic heterocycles. The molecule has 0 bridgehead atoms. The summed E-state index contributed by atoms with van der Waals surface area (Å²) in [6, 6.07) is 16.1. The molecule has 1 aromatic heterocycles. The predicted molar refractivity (Wildman–Crippen MR) is 266 cm³/mol. The first-order valence-electron chi connectivity index (χ1n) is 22.9. The number of rotatable bonds is 20. The lowest BCUT2D eigenvalue weighted by Crippen LogP contribution is -2.58. The largest absolute Gasteiger partial charge is 0.491 e. The number of nitrogens with one attached hydrogen (secondary N) is 2. The molecule has 68 heavy (non-hydrogen) atoms. The van der Waals surface area contributed by atoms with Gasteiger partial charge in [-0.25, -0.2) is 14.2 Å². The quantitative estimate of drug-likeness (QED) is 0.0501. The van der Waals surface area contributed by atoms with Crippen LogP contribution in [0.25, 0.3) is 15.3 Å². The lowest BCUT2D eigenvalue weighted by Gasteiger charge is -2.35. The highest BCUT2D eigenvalue weighted by Gasteiger charge is 2.50. The van der Waals surface area contributed by atoms with Crippen LogP contribution in [0.2, 0.25) is 0 Å². The van der Waals surface area contributed by atoms with Crippen molar-refractivity contribution in [3.05, 3.63) is 100 Å². The van der Waals surface area contributed by atoms with E-state index in [-0.39, 0.29) is 54.3 Å². The molecule has 4 amide bonds. The molecule has 3 aromatic carbocycles. The molecule has 0 aliphatic carbocycles. The number of aromatic nitrogens is 1. The van der Waals surface area contributed by atoms with Gasteiger partial charge in [-0.3, -0.25) is 24.1 Å². The van der Waals surface area contributed by atoms with E-state index in [0.717, 1.165) is 27.3 Å². The molecule has 0 saturated carbocycles. The Bertz CT molecular complexity index is 2520. The van der Waals surface area contributed by atoms with E-state index in [2.05, 4.69) is 20.5 Å². The van der Waals surface area contributed by atoms with Gasteiger partial charge in [0.05, 0.1) is 29.3 Å². The van der Waals surface area contributed by atoms with Crippen molar-refractivity contribution in [1.82, 2.24) is 20.5 Å². The minimum absolute atomic E-state index is 0.0832. The lowest BCUT2D eigenvalue weighted by molar-refractivity contribution is -0.144. The fraction of sp³-hybridized carbons (Fsp3) is 0.471. The first-order valence-corrected chi connectivity index (χ1v) is 24.2. The molecule has 2 saturated heterocycles. The summed E-state index contributed by atoms with van der Waals surface area (Å²) in [5.41, 5.74) is 5.28. The molecule has 362 valence electrons. The van der Waals surface area contributed by atoms with Crippen LogP contribution in [0.15, 0.2) is 66.2 Å². The Morgan fingerprint density at radius 3 is 2.34 bits per heavy atom. The molecule has 2 N–H and O–H groups in total. The molecule has 3 atom stereocenters. The molecule has 0 radical (unpaired) electrons. The zero-order chi connectivity index (χ0) is 49.3. The molecule has 14 nitrogen and oxygen atoms in total. The molecule has 2 aliphatic rings. The van der Waals surface area contributed by atoms with Crippen LogP contribution >= 0.6 is 23.6 Å². The number of thiocarbonyl (C=S) groups is 1. The number of benzene rings is 3. The molecule has 17 heteroatoms. The van der Waals surface area contributed by atoms with Gasteiger partial charge in [0.25, 0.3) is 5.91 Å². The second-order valence-corrected chi connectivity index (χ2v) is 20.2. The first-order chi connectivity index (χ1) is 32.3. The third-order valence-electron chi connectivity index (χ3n) is 12.1. The Hall–Kier alpha value is -5.80. The molecular formula is C51H62FN7O7S2. The Labute approximate surface area is 408 Å². The fourth-order valence-electron chi connectivity index (χ4n) is 8.34. The van der Waals surface area contributed by atoms with E-state index in [4.69, 9.17) is 33.0 Å². The summed E-state index contributed by atoms with van der Waals surface area (Å²) in [4.78, 5) is 67.8. The summed E-state index contributed by atoms with van der Waals surface area (Å²) in [6.45, 7) is 24.2. The van der Waals surface area contributed by atoms with Crippen molar-refractivity contribution in [3.8, 4) is 16.2 Å². The van der Waals surface area contributed by atoms with E-state index >= 15 is 4.39 Å². The van der Waals surface area contributed by atoms with Gasteiger partial charge in [0.1, 0.15) is 24.2 Å². The molecule has 4 aromatic rings. The molecular weight excluding hydrogens is 906 g/mol. The van der Waals surface area contributed by atoms with Crippen molar-refractivity contribution in [2.75, 3.05) is 49.4 Å². The van der Waals surface area contributed by atoms with Gasteiger partial charge in [0, 0.05) is 50.4 Å². The maximum atomic E-state index is 15.3. The average molecular weight is 968 g/mol. The summed E-state index contributed by atoms with van der Waals surface area (Å²) in [6.07, 6.45) is 2.38.